The normalized spacial score (nSPS) is 19.0. The Balaban J connectivity index is 2.12. The number of ether oxygens (including phenoxy) is 1. The van der Waals surface area contributed by atoms with Gasteiger partial charge in [-0.25, -0.2) is 12.8 Å². The lowest BCUT2D eigenvalue weighted by molar-refractivity contribution is 0.0854. The number of rotatable bonds is 4. The molecular weight excluding hydrogens is 309 g/mol. The summed E-state index contributed by atoms with van der Waals surface area (Å²) >= 11 is 0. The molecule has 1 aromatic rings. The molecule has 0 aliphatic carbocycles. The Bertz CT molecular complexity index is 614. The third-order valence-corrected chi connectivity index (χ3v) is 4.33. The Labute approximate surface area is 120 Å². The Hall–Kier alpha value is -1.18. The molecular formula is C12H13ClFNO4S. The fourth-order valence-electron chi connectivity index (χ4n) is 1.94. The molecule has 20 heavy (non-hydrogen) atoms. The second-order valence-electron chi connectivity index (χ2n) is 4.42. The van der Waals surface area contributed by atoms with Crippen molar-refractivity contribution in [1.29, 1.82) is 0 Å². The number of halogens is 2. The molecule has 5 nitrogen and oxygen atoms in total. The van der Waals surface area contributed by atoms with E-state index >= 15 is 0 Å². The highest BCUT2D eigenvalue weighted by Gasteiger charge is 2.20. The molecule has 1 unspecified atom stereocenters. The number of carbonyl (C=O) groups is 1. The third-order valence-electron chi connectivity index (χ3n) is 2.98. The Kier molecular flexibility index (Phi) is 4.62. The van der Waals surface area contributed by atoms with E-state index in [1.165, 1.54) is 0 Å². The van der Waals surface area contributed by atoms with E-state index in [2.05, 4.69) is 5.32 Å². The van der Waals surface area contributed by atoms with Crippen molar-refractivity contribution < 1.29 is 22.3 Å². The maximum absolute atomic E-state index is 13.6. The first-order chi connectivity index (χ1) is 9.38. The van der Waals surface area contributed by atoms with Gasteiger partial charge in [0.2, 0.25) is 0 Å². The highest BCUT2D eigenvalue weighted by molar-refractivity contribution is 8.13. The monoisotopic (exact) mass is 321 g/mol. The third kappa shape index (κ3) is 3.68. The lowest BCUT2D eigenvalue weighted by Crippen LogP contribution is -2.32. The van der Waals surface area contributed by atoms with Gasteiger partial charge >= 0.3 is 0 Å². The van der Waals surface area contributed by atoms with Crippen LogP contribution in [0, 0.1) is 5.82 Å². The molecule has 1 atom stereocenters. The molecule has 1 aliphatic heterocycles. The van der Waals surface area contributed by atoms with Crippen molar-refractivity contribution in [2.45, 2.75) is 23.8 Å². The summed E-state index contributed by atoms with van der Waals surface area (Å²) in [5.41, 5.74) is -0.357. The van der Waals surface area contributed by atoms with E-state index in [9.17, 15) is 17.6 Å². The van der Waals surface area contributed by atoms with Gasteiger partial charge in [-0.2, -0.15) is 0 Å². The van der Waals surface area contributed by atoms with Gasteiger partial charge in [-0.1, -0.05) is 0 Å². The van der Waals surface area contributed by atoms with Gasteiger partial charge in [0.25, 0.3) is 15.0 Å². The Morgan fingerprint density at radius 1 is 1.50 bits per heavy atom. The van der Waals surface area contributed by atoms with Crippen LogP contribution in [0.3, 0.4) is 0 Å². The fourth-order valence-corrected chi connectivity index (χ4v) is 2.71. The zero-order chi connectivity index (χ0) is 14.8. The van der Waals surface area contributed by atoms with E-state index in [4.69, 9.17) is 15.4 Å². The molecule has 0 spiro atoms. The summed E-state index contributed by atoms with van der Waals surface area (Å²) in [6, 6.07) is 2.83. The molecule has 2 rings (SSSR count). The van der Waals surface area contributed by atoms with Gasteiger partial charge in [0, 0.05) is 23.8 Å². The zero-order valence-corrected chi connectivity index (χ0v) is 12.0. The molecule has 1 amide bonds. The van der Waals surface area contributed by atoms with Gasteiger partial charge in [-0.3, -0.25) is 4.79 Å². The smallest absolute Gasteiger partial charge is 0.261 e. The van der Waals surface area contributed by atoms with Gasteiger partial charge < -0.3 is 10.1 Å². The summed E-state index contributed by atoms with van der Waals surface area (Å²) < 4.78 is 41.3. The highest BCUT2D eigenvalue weighted by atomic mass is 35.7. The molecule has 0 radical (unpaired) electrons. The SMILES string of the molecule is O=C(NCC1CCCO1)c1cc(S(=O)(=O)Cl)ccc1F. The summed E-state index contributed by atoms with van der Waals surface area (Å²) in [4.78, 5) is 11.5. The summed E-state index contributed by atoms with van der Waals surface area (Å²) in [5.74, 6) is -1.50. The standard InChI is InChI=1S/C12H13ClFNO4S/c13-20(17,18)9-3-4-11(14)10(6-9)12(16)15-7-8-2-1-5-19-8/h3-4,6,8H,1-2,5,7H2,(H,15,16). The minimum Gasteiger partial charge on any atom is -0.376 e. The van der Waals surface area contributed by atoms with Crippen molar-refractivity contribution in [3.8, 4) is 0 Å². The molecule has 110 valence electrons. The van der Waals surface area contributed by atoms with Crippen LogP contribution in [0.25, 0.3) is 0 Å². The molecule has 0 aromatic heterocycles. The number of amides is 1. The molecule has 8 heteroatoms. The van der Waals surface area contributed by atoms with E-state index in [-0.39, 0.29) is 23.1 Å². The molecule has 1 aliphatic rings. The number of carbonyl (C=O) groups excluding carboxylic acids is 1. The van der Waals surface area contributed by atoms with Crippen molar-refractivity contribution in [1.82, 2.24) is 5.32 Å². The van der Waals surface area contributed by atoms with E-state index < -0.39 is 20.8 Å². The van der Waals surface area contributed by atoms with Gasteiger partial charge in [0.05, 0.1) is 16.6 Å². The minimum absolute atomic E-state index is 0.0815. The maximum atomic E-state index is 13.6. The van der Waals surface area contributed by atoms with Crippen LogP contribution in [0.5, 0.6) is 0 Å². The fraction of sp³-hybridized carbons (Fsp3) is 0.417. The van der Waals surface area contributed by atoms with Crippen molar-refractivity contribution in [3.63, 3.8) is 0 Å². The Morgan fingerprint density at radius 2 is 2.25 bits per heavy atom. The van der Waals surface area contributed by atoms with Crippen LogP contribution in [-0.2, 0) is 13.8 Å². The molecule has 1 saturated heterocycles. The summed E-state index contributed by atoms with van der Waals surface area (Å²) in [6.45, 7) is 0.908. The number of hydrogen-bond donors (Lipinski definition) is 1. The zero-order valence-electron chi connectivity index (χ0n) is 10.4. The molecule has 1 fully saturated rings. The van der Waals surface area contributed by atoms with E-state index in [0.717, 1.165) is 31.0 Å². The molecule has 1 heterocycles. The van der Waals surface area contributed by atoms with Crippen LogP contribution < -0.4 is 5.32 Å². The van der Waals surface area contributed by atoms with Gasteiger partial charge in [-0.05, 0) is 31.0 Å². The van der Waals surface area contributed by atoms with Crippen LogP contribution in [0.2, 0.25) is 0 Å². The van der Waals surface area contributed by atoms with Crippen molar-refractivity contribution in [3.05, 3.63) is 29.6 Å². The van der Waals surface area contributed by atoms with E-state index in [0.29, 0.717) is 6.61 Å². The van der Waals surface area contributed by atoms with Crippen molar-refractivity contribution in [2.24, 2.45) is 0 Å². The largest absolute Gasteiger partial charge is 0.376 e. The van der Waals surface area contributed by atoms with Crippen molar-refractivity contribution in [2.75, 3.05) is 13.2 Å². The van der Waals surface area contributed by atoms with E-state index in [1.54, 1.807) is 0 Å². The number of hydrogen-bond acceptors (Lipinski definition) is 4. The van der Waals surface area contributed by atoms with Gasteiger partial charge in [-0.15, -0.1) is 0 Å². The molecule has 1 N–H and O–H groups in total. The van der Waals surface area contributed by atoms with E-state index in [1.807, 2.05) is 0 Å². The topological polar surface area (TPSA) is 72.5 Å². The highest BCUT2D eigenvalue weighted by Crippen LogP contribution is 2.19. The molecule has 0 saturated carbocycles. The van der Waals surface area contributed by atoms with Crippen molar-refractivity contribution >= 4 is 25.6 Å². The van der Waals surface area contributed by atoms with Crippen LogP contribution in [0.15, 0.2) is 23.1 Å². The lowest BCUT2D eigenvalue weighted by atomic mass is 10.2. The minimum atomic E-state index is -4.01. The first-order valence-electron chi connectivity index (χ1n) is 6.02. The summed E-state index contributed by atoms with van der Waals surface area (Å²) in [6.07, 6.45) is 1.68. The first-order valence-corrected chi connectivity index (χ1v) is 8.33. The quantitative estimate of drug-likeness (QED) is 0.856. The Morgan fingerprint density at radius 3 is 2.85 bits per heavy atom. The average Bonchev–Trinajstić information content (AvgIpc) is 2.88. The lowest BCUT2D eigenvalue weighted by Gasteiger charge is -2.11. The predicted octanol–water partition coefficient (Wildman–Crippen LogP) is 1.66. The number of benzene rings is 1. The molecule has 0 bridgehead atoms. The van der Waals surface area contributed by atoms with Crippen LogP contribution in [-0.4, -0.2) is 33.6 Å². The molecule has 1 aromatic carbocycles. The second kappa shape index (κ2) is 6.07. The predicted molar refractivity (Wildman–Crippen MR) is 70.7 cm³/mol. The second-order valence-corrected chi connectivity index (χ2v) is 6.99. The number of nitrogens with one attached hydrogen (secondary N) is 1. The van der Waals surface area contributed by atoms with Crippen LogP contribution in [0.1, 0.15) is 23.2 Å². The average molecular weight is 322 g/mol. The first kappa shape index (κ1) is 15.2. The van der Waals surface area contributed by atoms with Gasteiger partial charge in [0.1, 0.15) is 5.82 Å². The summed E-state index contributed by atoms with van der Waals surface area (Å²) in [7, 11) is 1.16. The van der Waals surface area contributed by atoms with Crippen LogP contribution >= 0.6 is 10.7 Å². The van der Waals surface area contributed by atoms with Gasteiger partial charge in [0.15, 0.2) is 0 Å². The van der Waals surface area contributed by atoms with Crippen LogP contribution in [0.4, 0.5) is 4.39 Å². The maximum Gasteiger partial charge on any atom is 0.261 e. The summed E-state index contributed by atoms with van der Waals surface area (Å²) in [5, 5.41) is 2.52.